The van der Waals surface area contributed by atoms with Gasteiger partial charge in [-0.05, 0) is 28.5 Å². The molecule has 0 amide bonds. The summed E-state index contributed by atoms with van der Waals surface area (Å²) < 4.78 is 12.8. The van der Waals surface area contributed by atoms with Gasteiger partial charge in [-0.1, -0.05) is 39.8 Å². The van der Waals surface area contributed by atoms with Crippen LogP contribution in [0, 0.1) is 22.6 Å². The van der Waals surface area contributed by atoms with Crippen molar-refractivity contribution in [2.24, 2.45) is 16.7 Å². The topological polar surface area (TPSA) is 20.2 Å². The highest BCUT2D eigenvalue weighted by atomic mass is 19.1. The summed E-state index contributed by atoms with van der Waals surface area (Å²) in [5, 5.41) is 10.3. The van der Waals surface area contributed by atoms with Crippen LogP contribution in [-0.2, 0) is 0 Å². The summed E-state index contributed by atoms with van der Waals surface area (Å²) in [7, 11) is 0. The van der Waals surface area contributed by atoms with Crippen molar-refractivity contribution in [1.82, 2.24) is 0 Å². The van der Waals surface area contributed by atoms with Crippen LogP contribution in [0.2, 0.25) is 0 Å². The number of aliphatic hydroxyl groups excluding tert-OH is 1. The Morgan fingerprint density at radius 3 is 1.88 bits per heavy atom. The van der Waals surface area contributed by atoms with Crippen molar-refractivity contribution in [3.8, 4) is 0 Å². The number of halogens is 1. The summed E-state index contributed by atoms with van der Waals surface area (Å²) in [6.45, 7) is 8.68. The lowest BCUT2D eigenvalue weighted by Crippen LogP contribution is -2.05. The molecule has 1 saturated carbocycles. The third-order valence-corrected chi connectivity index (χ3v) is 4.66. The molecule has 16 heavy (non-hydrogen) atoms. The van der Waals surface area contributed by atoms with E-state index < -0.39 is 6.10 Å². The summed E-state index contributed by atoms with van der Waals surface area (Å²) in [5.74, 6) is -0.0178. The van der Waals surface area contributed by atoms with E-state index in [0.29, 0.717) is 0 Å². The van der Waals surface area contributed by atoms with Crippen molar-refractivity contribution in [2.75, 3.05) is 0 Å². The Labute approximate surface area is 96.3 Å². The zero-order chi connectivity index (χ0) is 12.1. The van der Waals surface area contributed by atoms with E-state index >= 15 is 0 Å². The predicted octanol–water partition coefficient (Wildman–Crippen LogP) is 3.54. The lowest BCUT2D eigenvalue weighted by molar-refractivity contribution is 0.130. The SMILES string of the molecule is CC1(C)C(C(O)c2ccc(F)cc2)C1(C)C. The van der Waals surface area contributed by atoms with E-state index in [9.17, 15) is 9.50 Å². The van der Waals surface area contributed by atoms with Gasteiger partial charge in [-0.3, -0.25) is 0 Å². The van der Waals surface area contributed by atoms with E-state index in [4.69, 9.17) is 0 Å². The zero-order valence-electron chi connectivity index (χ0n) is 10.3. The van der Waals surface area contributed by atoms with Crippen molar-refractivity contribution in [1.29, 1.82) is 0 Å². The van der Waals surface area contributed by atoms with Crippen LogP contribution in [0.4, 0.5) is 4.39 Å². The van der Waals surface area contributed by atoms with Crippen LogP contribution in [0.25, 0.3) is 0 Å². The first kappa shape index (κ1) is 11.6. The van der Waals surface area contributed by atoms with Gasteiger partial charge in [-0.2, -0.15) is 0 Å². The minimum Gasteiger partial charge on any atom is -0.388 e. The first-order valence-electron chi connectivity index (χ1n) is 5.72. The molecule has 0 aliphatic heterocycles. The van der Waals surface area contributed by atoms with Crippen LogP contribution in [0.5, 0.6) is 0 Å². The molecule has 1 aliphatic carbocycles. The standard InChI is InChI=1S/C14H19FO/c1-13(2)12(14(13,3)4)11(16)9-5-7-10(15)8-6-9/h5-8,11-12,16H,1-4H3. The minimum atomic E-state index is -0.495. The minimum absolute atomic E-state index is 0.140. The second kappa shape index (κ2) is 3.30. The molecule has 1 aromatic carbocycles. The van der Waals surface area contributed by atoms with E-state index in [-0.39, 0.29) is 22.6 Å². The van der Waals surface area contributed by atoms with Gasteiger partial charge in [0.05, 0.1) is 6.10 Å². The fourth-order valence-corrected chi connectivity index (χ4v) is 2.89. The molecule has 0 bridgehead atoms. The van der Waals surface area contributed by atoms with Crippen molar-refractivity contribution in [3.63, 3.8) is 0 Å². The highest BCUT2D eigenvalue weighted by Crippen LogP contribution is 2.72. The smallest absolute Gasteiger partial charge is 0.123 e. The van der Waals surface area contributed by atoms with E-state index in [1.54, 1.807) is 12.1 Å². The van der Waals surface area contributed by atoms with Gasteiger partial charge in [0.25, 0.3) is 0 Å². The third kappa shape index (κ3) is 1.47. The highest BCUT2D eigenvalue weighted by molar-refractivity contribution is 5.25. The zero-order valence-corrected chi connectivity index (χ0v) is 10.3. The lowest BCUT2D eigenvalue weighted by Gasteiger charge is -2.13. The Balaban J connectivity index is 2.22. The monoisotopic (exact) mass is 222 g/mol. The molecule has 2 heteroatoms. The van der Waals surface area contributed by atoms with E-state index in [1.165, 1.54) is 12.1 Å². The number of hydrogen-bond acceptors (Lipinski definition) is 1. The van der Waals surface area contributed by atoms with E-state index in [2.05, 4.69) is 27.7 Å². The third-order valence-electron chi connectivity index (χ3n) is 4.66. The van der Waals surface area contributed by atoms with Crippen LogP contribution >= 0.6 is 0 Å². The summed E-state index contributed by atoms with van der Waals surface area (Å²) in [5.41, 5.74) is 1.09. The quantitative estimate of drug-likeness (QED) is 0.811. The molecule has 1 aliphatic rings. The molecule has 0 aromatic heterocycles. The van der Waals surface area contributed by atoms with Crippen molar-refractivity contribution < 1.29 is 9.50 Å². The normalized spacial score (nSPS) is 24.1. The maximum Gasteiger partial charge on any atom is 0.123 e. The molecule has 88 valence electrons. The van der Waals surface area contributed by atoms with Gasteiger partial charge < -0.3 is 5.11 Å². The van der Waals surface area contributed by atoms with Crippen LogP contribution in [0.15, 0.2) is 24.3 Å². The molecule has 0 saturated heterocycles. The van der Waals surface area contributed by atoms with Crippen molar-refractivity contribution in [3.05, 3.63) is 35.6 Å². The second-order valence-corrected chi connectivity index (χ2v) is 5.92. The largest absolute Gasteiger partial charge is 0.388 e. The van der Waals surface area contributed by atoms with Crippen LogP contribution in [0.3, 0.4) is 0 Å². The first-order chi connectivity index (χ1) is 7.28. The Kier molecular flexibility index (Phi) is 2.39. The summed E-state index contributed by atoms with van der Waals surface area (Å²) in [4.78, 5) is 0. The molecule has 0 spiro atoms. The maximum atomic E-state index is 12.8. The first-order valence-corrected chi connectivity index (χ1v) is 5.72. The molecular formula is C14H19FO. The molecule has 0 heterocycles. The van der Waals surface area contributed by atoms with Gasteiger partial charge in [0.2, 0.25) is 0 Å². The maximum absolute atomic E-state index is 12.8. The molecule has 1 N–H and O–H groups in total. The Bertz CT molecular complexity index is 378. The van der Waals surface area contributed by atoms with E-state index in [1.807, 2.05) is 0 Å². The number of aliphatic hydroxyl groups is 1. The fraction of sp³-hybridized carbons (Fsp3) is 0.571. The average Bonchev–Trinajstić information content (AvgIpc) is 2.57. The van der Waals surface area contributed by atoms with Crippen LogP contribution in [-0.4, -0.2) is 5.11 Å². The summed E-state index contributed by atoms with van der Waals surface area (Å²) in [6, 6.07) is 6.15. The van der Waals surface area contributed by atoms with Gasteiger partial charge >= 0.3 is 0 Å². The molecule has 1 unspecified atom stereocenters. The van der Waals surface area contributed by atoms with E-state index in [0.717, 1.165) is 5.56 Å². The highest BCUT2D eigenvalue weighted by Gasteiger charge is 2.67. The number of hydrogen-bond donors (Lipinski definition) is 1. The molecule has 1 nitrogen and oxygen atoms in total. The number of benzene rings is 1. The molecule has 1 atom stereocenters. The summed E-state index contributed by atoms with van der Waals surface area (Å²) >= 11 is 0. The lowest BCUT2D eigenvalue weighted by atomic mass is 9.99. The van der Waals surface area contributed by atoms with Gasteiger partial charge in [-0.25, -0.2) is 4.39 Å². The van der Waals surface area contributed by atoms with Crippen molar-refractivity contribution in [2.45, 2.75) is 33.8 Å². The van der Waals surface area contributed by atoms with Gasteiger partial charge in [0, 0.05) is 5.92 Å². The Hall–Kier alpha value is -0.890. The Morgan fingerprint density at radius 2 is 1.50 bits per heavy atom. The molecule has 1 fully saturated rings. The predicted molar refractivity (Wildman–Crippen MR) is 62.4 cm³/mol. The fourth-order valence-electron chi connectivity index (χ4n) is 2.89. The second-order valence-electron chi connectivity index (χ2n) is 5.92. The van der Waals surface area contributed by atoms with Gasteiger partial charge in [0.1, 0.15) is 5.82 Å². The van der Waals surface area contributed by atoms with Crippen LogP contribution in [0.1, 0.15) is 39.4 Å². The number of rotatable bonds is 2. The Morgan fingerprint density at radius 1 is 1.06 bits per heavy atom. The molecule has 2 rings (SSSR count). The van der Waals surface area contributed by atoms with Crippen molar-refractivity contribution >= 4 is 0 Å². The van der Waals surface area contributed by atoms with Gasteiger partial charge in [-0.15, -0.1) is 0 Å². The molecule has 0 radical (unpaired) electrons. The average molecular weight is 222 g/mol. The summed E-state index contributed by atoms with van der Waals surface area (Å²) in [6.07, 6.45) is -0.495. The molecule has 1 aromatic rings. The van der Waals surface area contributed by atoms with Gasteiger partial charge in [0.15, 0.2) is 0 Å². The van der Waals surface area contributed by atoms with Crippen LogP contribution < -0.4 is 0 Å². The molecular weight excluding hydrogens is 203 g/mol.